The summed E-state index contributed by atoms with van der Waals surface area (Å²) in [5, 5.41) is 1.31. The van der Waals surface area contributed by atoms with E-state index in [2.05, 4.69) is 26.0 Å². The molecule has 4 unspecified atom stereocenters. The quantitative estimate of drug-likeness (QED) is 0.540. The molecule has 3 aliphatic rings. The monoisotopic (exact) mass is 516 g/mol. The second-order valence-electron chi connectivity index (χ2n) is 8.60. The highest BCUT2D eigenvalue weighted by Gasteiger charge is 2.45. The van der Waals surface area contributed by atoms with E-state index in [9.17, 15) is 13.2 Å². The Kier molecular flexibility index (Phi) is 8.39. The van der Waals surface area contributed by atoms with Crippen LogP contribution < -0.4 is 10.0 Å². The van der Waals surface area contributed by atoms with Crippen LogP contribution in [-0.2, 0) is 14.8 Å². The number of amides is 1. The van der Waals surface area contributed by atoms with E-state index in [0.29, 0.717) is 11.2 Å². The molecule has 3 saturated carbocycles. The number of halogens is 3. The van der Waals surface area contributed by atoms with E-state index in [1.807, 2.05) is 0 Å². The maximum atomic E-state index is 13.0. The maximum Gasteiger partial charge on any atom is 0.224 e. The van der Waals surface area contributed by atoms with Crippen molar-refractivity contribution in [1.82, 2.24) is 10.0 Å². The van der Waals surface area contributed by atoms with E-state index in [1.165, 1.54) is 6.42 Å². The predicted octanol–water partition coefficient (Wildman–Crippen LogP) is 4.05. The molecule has 0 aromatic heterocycles. The van der Waals surface area contributed by atoms with Crippen LogP contribution >= 0.6 is 39.1 Å². The van der Waals surface area contributed by atoms with Gasteiger partial charge in [0.25, 0.3) is 0 Å². The molecular weight excluding hydrogens is 487 g/mol. The molecule has 0 aromatic carbocycles. The third kappa shape index (κ3) is 5.99. The first kappa shape index (κ1) is 23.1. The Morgan fingerprint density at radius 1 is 0.857 bits per heavy atom. The summed E-state index contributed by atoms with van der Waals surface area (Å²) in [6, 6.07) is 0.136. The summed E-state index contributed by atoms with van der Waals surface area (Å²) in [4.78, 5) is 13.3. The number of sulfonamides is 1. The zero-order valence-corrected chi connectivity index (χ0v) is 20.0. The van der Waals surface area contributed by atoms with Crippen molar-refractivity contribution in [1.29, 1.82) is 0 Å². The molecule has 4 atom stereocenters. The highest BCUT2D eigenvalue weighted by atomic mass is 79.9. The van der Waals surface area contributed by atoms with Crippen molar-refractivity contribution in [2.45, 2.75) is 104 Å². The van der Waals surface area contributed by atoms with Crippen LogP contribution in [-0.4, -0.2) is 47.2 Å². The van der Waals surface area contributed by atoms with Gasteiger partial charge in [-0.15, -0.1) is 23.2 Å². The van der Waals surface area contributed by atoms with Gasteiger partial charge in [0.15, 0.2) is 0 Å². The van der Waals surface area contributed by atoms with Gasteiger partial charge >= 0.3 is 0 Å². The summed E-state index contributed by atoms with van der Waals surface area (Å²) < 4.78 is 28.9. The largest absolute Gasteiger partial charge is 0.353 e. The predicted molar refractivity (Wildman–Crippen MR) is 118 cm³/mol. The van der Waals surface area contributed by atoms with Crippen LogP contribution in [0.5, 0.6) is 0 Å². The van der Waals surface area contributed by atoms with E-state index in [1.54, 1.807) is 0 Å². The van der Waals surface area contributed by atoms with Gasteiger partial charge in [-0.2, -0.15) is 0 Å². The number of carbonyl (C=O) groups is 1. The van der Waals surface area contributed by atoms with E-state index in [4.69, 9.17) is 23.2 Å². The molecular formula is C19H31BrCl2N2O3S. The van der Waals surface area contributed by atoms with Gasteiger partial charge < -0.3 is 5.32 Å². The van der Waals surface area contributed by atoms with Gasteiger partial charge in [0.1, 0.15) is 0 Å². The fraction of sp³-hybridized carbons (Fsp3) is 0.947. The Morgan fingerprint density at radius 3 is 2.14 bits per heavy atom. The van der Waals surface area contributed by atoms with Gasteiger partial charge in [-0.1, -0.05) is 35.2 Å². The first-order chi connectivity index (χ1) is 13.3. The van der Waals surface area contributed by atoms with E-state index >= 15 is 0 Å². The topological polar surface area (TPSA) is 75.3 Å². The van der Waals surface area contributed by atoms with Crippen LogP contribution in [0, 0.1) is 5.92 Å². The van der Waals surface area contributed by atoms with Gasteiger partial charge in [-0.3, -0.25) is 4.79 Å². The average Bonchev–Trinajstić information content (AvgIpc) is 2.64. The number of rotatable bonds is 5. The molecule has 0 heterocycles. The summed E-state index contributed by atoms with van der Waals surface area (Å²) in [7, 11) is -3.61. The smallest absolute Gasteiger partial charge is 0.224 e. The summed E-state index contributed by atoms with van der Waals surface area (Å²) >= 11 is 16.5. The first-order valence-electron chi connectivity index (χ1n) is 10.5. The van der Waals surface area contributed by atoms with Crippen molar-refractivity contribution in [3.05, 3.63) is 0 Å². The Hall–Kier alpha value is 0.440. The Labute approximate surface area is 187 Å². The van der Waals surface area contributed by atoms with Crippen molar-refractivity contribution < 1.29 is 13.2 Å². The first-order valence-corrected chi connectivity index (χ1v) is 13.8. The van der Waals surface area contributed by atoms with Gasteiger partial charge in [0.05, 0.1) is 16.5 Å². The van der Waals surface area contributed by atoms with Crippen LogP contribution in [0.25, 0.3) is 0 Å². The summed E-state index contributed by atoms with van der Waals surface area (Å²) in [5.41, 5.74) is 0. The lowest BCUT2D eigenvalue weighted by atomic mass is 9.86. The molecule has 3 fully saturated rings. The summed E-state index contributed by atoms with van der Waals surface area (Å²) in [6.07, 6.45) is 9.50. The van der Waals surface area contributed by atoms with Crippen LogP contribution in [0.3, 0.4) is 0 Å². The lowest BCUT2D eigenvalue weighted by molar-refractivity contribution is -0.126. The highest BCUT2D eigenvalue weighted by Crippen LogP contribution is 2.36. The van der Waals surface area contributed by atoms with Crippen molar-refractivity contribution in [3.63, 3.8) is 0 Å². The van der Waals surface area contributed by atoms with Crippen molar-refractivity contribution in [2.75, 3.05) is 0 Å². The second kappa shape index (κ2) is 10.2. The standard InChI is InChI=1S/C19H31BrCl2N2O3S/c20-12-6-8-14(9-7-12)24-28(26,27)18-10-15(16(21)11-17(18)22)19(25)23-13-4-2-1-3-5-13/h12-18,24H,1-11H2,(H,23,25). The Bertz CT molecular complexity index is 637. The van der Waals surface area contributed by atoms with Crippen molar-refractivity contribution in [2.24, 2.45) is 5.92 Å². The van der Waals surface area contributed by atoms with Gasteiger partial charge in [0.2, 0.25) is 15.9 Å². The lowest BCUT2D eigenvalue weighted by Gasteiger charge is -2.37. The fourth-order valence-electron chi connectivity index (χ4n) is 4.71. The SMILES string of the molecule is O=C(NC1CCCCC1)C1CC(S(=O)(=O)NC2CCC(Br)CC2)C(Cl)CC1Cl. The summed E-state index contributed by atoms with van der Waals surface area (Å²) in [5.74, 6) is -0.631. The molecule has 28 heavy (non-hydrogen) atoms. The summed E-state index contributed by atoms with van der Waals surface area (Å²) in [6.45, 7) is 0. The average molecular weight is 518 g/mol. The van der Waals surface area contributed by atoms with E-state index < -0.39 is 31.9 Å². The third-order valence-electron chi connectivity index (χ3n) is 6.45. The third-order valence-corrected chi connectivity index (χ3v) is 10.5. The number of nitrogens with one attached hydrogen (secondary N) is 2. The number of alkyl halides is 3. The minimum absolute atomic E-state index is 0.0501. The number of hydrogen-bond acceptors (Lipinski definition) is 3. The molecule has 3 rings (SSSR count). The zero-order valence-electron chi connectivity index (χ0n) is 16.1. The molecule has 3 aliphatic carbocycles. The highest BCUT2D eigenvalue weighted by molar-refractivity contribution is 9.09. The minimum atomic E-state index is -3.61. The second-order valence-corrected chi connectivity index (χ2v) is 13.0. The van der Waals surface area contributed by atoms with Crippen LogP contribution in [0.1, 0.15) is 70.6 Å². The molecule has 0 bridgehead atoms. The lowest BCUT2D eigenvalue weighted by Crippen LogP contribution is -2.53. The van der Waals surface area contributed by atoms with Gasteiger partial charge in [-0.05, 0) is 51.4 Å². The normalized spacial score (nSPS) is 38.1. The molecule has 0 saturated heterocycles. The minimum Gasteiger partial charge on any atom is -0.353 e. The fourth-order valence-corrected chi connectivity index (χ4v) is 8.28. The van der Waals surface area contributed by atoms with Gasteiger partial charge in [-0.25, -0.2) is 13.1 Å². The molecule has 162 valence electrons. The van der Waals surface area contributed by atoms with Crippen LogP contribution in [0.2, 0.25) is 0 Å². The van der Waals surface area contributed by atoms with E-state index in [0.717, 1.165) is 51.4 Å². The van der Waals surface area contributed by atoms with Crippen LogP contribution in [0.15, 0.2) is 0 Å². The zero-order chi connectivity index (χ0) is 20.3. The van der Waals surface area contributed by atoms with Crippen LogP contribution in [0.4, 0.5) is 0 Å². The number of carbonyl (C=O) groups excluding carboxylic acids is 1. The molecule has 1 amide bonds. The molecule has 0 aliphatic heterocycles. The molecule has 2 N–H and O–H groups in total. The Balaban J connectivity index is 1.62. The van der Waals surface area contributed by atoms with Gasteiger partial charge in [0, 0.05) is 22.3 Å². The molecule has 5 nitrogen and oxygen atoms in total. The molecule has 0 spiro atoms. The maximum absolute atomic E-state index is 13.0. The Morgan fingerprint density at radius 2 is 1.50 bits per heavy atom. The molecule has 0 aromatic rings. The van der Waals surface area contributed by atoms with Crippen molar-refractivity contribution in [3.8, 4) is 0 Å². The van der Waals surface area contributed by atoms with Crippen molar-refractivity contribution >= 4 is 55.1 Å². The number of hydrogen-bond donors (Lipinski definition) is 2. The molecule has 9 heteroatoms. The van der Waals surface area contributed by atoms with E-state index in [-0.39, 0.29) is 24.4 Å². The molecule has 0 radical (unpaired) electrons.